The number of hydrogen-bond acceptors (Lipinski definition) is 7. The first kappa shape index (κ1) is 27.4. The molecule has 0 bridgehead atoms. The molecule has 9 N–H and O–H groups in total. The number of phenolic OH excluding ortho intramolecular Hbond substituents is 1. The van der Waals surface area contributed by atoms with Gasteiger partial charge >= 0.3 is 5.97 Å². The van der Waals surface area contributed by atoms with Crippen molar-refractivity contribution in [3.05, 3.63) is 29.8 Å². The SMILES string of the molecule is CCC(C)C(NC(=O)C(CC(N)=O)NC(=O)CNC(=O)C(N)Cc1ccc(O)cc1)C(=O)O. The summed E-state index contributed by atoms with van der Waals surface area (Å²) in [7, 11) is 0. The summed E-state index contributed by atoms with van der Waals surface area (Å²) in [5, 5.41) is 25.5. The van der Waals surface area contributed by atoms with Crippen molar-refractivity contribution in [2.24, 2.45) is 17.4 Å². The molecule has 0 spiro atoms. The first-order chi connectivity index (χ1) is 15.4. The van der Waals surface area contributed by atoms with Crippen LogP contribution in [0.1, 0.15) is 32.3 Å². The fourth-order valence-corrected chi connectivity index (χ4v) is 2.87. The highest BCUT2D eigenvalue weighted by Crippen LogP contribution is 2.11. The maximum Gasteiger partial charge on any atom is 0.326 e. The lowest BCUT2D eigenvalue weighted by molar-refractivity contribution is -0.143. The van der Waals surface area contributed by atoms with E-state index in [-0.39, 0.29) is 12.2 Å². The molecule has 0 heterocycles. The van der Waals surface area contributed by atoms with Crippen LogP contribution in [0.25, 0.3) is 0 Å². The van der Waals surface area contributed by atoms with Gasteiger partial charge in [0.15, 0.2) is 0 Å². The smallest absolute Gasteiger partial charge is 0.326 e. The molecule has 0 aliphatic rings. The highest BCUT2D eigenvalue weighted by atomic mass is 16.4. The van der Waals surface area contributed by atoms with Crippen molar-refractivity contribution in [3.63, 3.8) is 0 Å². The molecule has 0 aliphatic heterocycles. The number of nitrogens with one attached hydrogen (secondary N) is 3. The Morgan fingerprint density at radius 1 is 1.03 bits per heavy atom. The monoisotopic (exact) mass is 465 g/mol. The van der Waals surface area contributed by atoms with Crippen LogP contribution in [0, 0.1) is 5.92 Å². The lowest BCUT2D eigenvalue weighted by Gasteiger charge is -2.24. The summed E-state index contributed by atoms with van der Waals surface area (Å²) in [4.78, 5) is 59.6. The number of aliphatic carboxylic acids is 1. The van der Waals surface area contributed by atoms with E-state index in [0.717, 1.165) is 0 Å². The van der Waals surface area contributed by atoms with Crippen molar-refractivity contribution in [2.45, 2.75) is 51.2 Å². The number of carbonyl (C=O) groups excluding carboxylic acids is 4. The number of carboxylic acid groups (broad SMARTS) is 1. The fraction of sp³-hybridized carbons (Fsp3) is 0.476. The molecule has 4 unspecified atom stereocenters. The van der Waals surface area contributed by atoms with E-state index in [0.29, 0.717) is 12.0 Å². The zero-order chi connectivity index (χ0) is 25.1. The van der Waals surface area contributed by atoms with Crippen LogP contribution in [0.4, 0.5) is 0 Å². The van der Waals surface area contributed by atoms with Gasteiger partial charge in [0.1, 0.15) is 17.8 Å². The molecule has 1 aromatic carbocycles. The van der Waals surface area contributed by atoms with Crippen LogP contribution in [0.15, 0.2) is 24.3 Å². The van der Waals surface area contributed by atoms with E-state index >= 15 is 0 Å². The molecule has 4 amide bonds. The van der Waals surface area contributed by atoms with Gasteiger partial charge in [0, 0.05) is 0 Å². The van der Waals surface area contributed by atoms with Crippen molar-refractivity contribution in [1.82, 2.24) is 16.0 Å². The van der Waals surface area contributed by atoms with Crippen molar-refractivity contribution in [1.29, 1.82) is 0 Å². The van der Waals surface area contributed by atoms with E-state index in [1.54, 1.807) is 26.0 Å². The predicted molar refractivity (Wildman–Crippen MR) is 118 cm³/mol. The number of nitrogens with two attached hydrogens (primary N) is 2. The van der Waals surface area contributed by atoms with Gasteiger partial charge < -0.3 is 37.6 Å². The summed E-state index contributed by atoms with van der Waals surface area (Å²) in [6.45, 7) is 2.86. The summed E-state index contributed by atoms with van der Waals surface area (Å²) < 4.78 is 0. The van der Waals surface area contributed by atoms with Crippen molar-refractivity contribution in [2.75, 3.05) is 6.54 Å². The molecule has 0 fully saturated rings. The van der Waals surface area contributed by atoms with E-state index in [1.807, 2.05) is 0 Å². The maximum atomic E-state index is 12.5. The highest BCUT2D eigenvalue weighted by Gasteiger charge is 2.30. The Morgan fingerprint density at radius 2 is 1.64 bits per heavy atom. The number of aromatic hydroxyl groups is 1. The molecule has 0 radical (unpaired) electrons. The molecule has 12 heteroatoms. The Kier molecular flexibility index (Phi) is 10.8. The van der Waals surface area contributed by atoms with Gasteiger partial charge in [0.2, 0.25) is 23.6 Å². The lowest BCUT2D eigenvalue weighted by atomic mass is 9.98. The van der Waals surface area contributed by atoms with Crippen LogP contribution in [0.2, 0.25) is 0 Å². The minimum Gasteiger partial charge on any atom is -0.508 e. The average molecular weight is 466 g/mol. The maximum absolute atomic E-state index is 12.5. The quantitative estimate of drug-likeness (QED) is 0.179. The Morgan fingerprint density at radius 3 is 2.15 bits per heavy atom. The molecule has 4 atom stereocenters. The summed E-state index contributed by atoms with van der Waals surface area (Å²) in [5.74, 6) is -4.77. The normalized spacial score (nSPS) is 14.3. The molecular formula is C21H31N5O7. The second-order valence-corrected chi connectivity index (χ2v) is 7.70. The number of carbonyl (C=O) groups is 5. The zero-order valence-corrected chi connectivity index (χ0v) is 18.5. The number of benzene rings is 1. The third-order valence-corrected chi connectivity index (χ3v) is 4.99. The number of carboxylic acids is 1. The number of rotatable bonds is 13. The lowest BCUT2D eigenvalue weighted by Crippen LogP contribution is -2.55. The molecule has 33 heavy (non-hydrogen) atoms. The summed E-state index contributed by atoms with van der Waals surface area (Å²) in [5.41, 5.74) is 11.7. The fourth-order valence-electron chi connectivity index (χ4n) is 2.87. The Labute approximate surface area is 191 Å². The number of phenols is 1. The predicted octanol–water partition coefficient (Wildman–Crippen LogP) is -1.65. The van der Waals surface area contributed by atoms with Gasteiger partial charge in [-0.15, -0.1) is 0 Å². The van der Waals surface area contributed by atoms with E-state index in [9.17, 15) is 34.2 Å². The van der Waals surface area contributed by atoms with Crippen LogP contribution >= 0.6 is 0 Å². The van der Waals surface area contributed by atoms with Gasteiger partial charge in [-0.2, -0.15) is 0 Å². The average Bonchev–Trinajstić information content (AvgIpc) is 2.75. The summed E-state index contributed by atoms with van der Waals surface area (Å²) in [6, 6.07) is 2.51. The number of hydrogen-bond donors (Lipinski definition) is 7. The topological polar surface area (TPSA) is 214 Å². The van der Waals surface area contributed by atoms with Crippen molar-refractivity contribution < 1.29 is 34.2 Å². The minimum atomic E-state index is -1.41. The van der Waals surface area contributed by atoms with Crippen LogP contribution < -0.4 is 27.4 Å². The Balaban J connectivity index is 2.67. The first-order valence-corrected chi connectivity index (χ1v) is 10.4. The van der Waals surface area contributed by atoms with Gasteiger partial charge in [0.05, 0.1) is 19.0 Å². The van der Waals surface area contributed by atoms with E-state index in [2.05, 4.69) is 16.0 Å². The third-order valence-electron chi connectivity index (χ3n) is 4.99. The Bertz CT molecular complexity index is 859. The highest BCUT2D eigenvalue weighted by molar-refractivity contribution is 5.95. The summed E-state index contributed by atoms with van der Waals surface area (Å²) in [6.07, 6.45) is 0.0753. The molecule has 182 valence electrons. The number of primary amides is 1. The van der Waals surface area contributed by atoms with Gasteiger partial charge in [-0.1, -0.05) is 32.4 Å². The molecule has 1 rings (SSSR count). The standard InChI is InChI=1S/C21H31N5O7/c1-3-11(2)18(21(32)33)26-20(31)15(9-16(23)28)25-17(29)10-24-19(30)14(22)8-12-4-6-13(27)7-5-12/h4-7,11,14-15,18,27H,3,8-10,22H2,1-2H3,(H2,23,28)(H,24,30)(H,25,29)(H,26,31)(H,32,33). The second kappa shape index (κ2) is 13.0. The molecule has 0 saturated carbocycles. The minimum absolute atomic E-state index is 0.0711. The molecule has 12 nitrogen and oxygen atoms in total. The van der Waals surface area contributed by atoms with Crippen LogP contribution in [-0.2, 0) is 30.4 Å². The second-order valence-electron chi connectivity index (χ2n) is 7.70. The molecule has 1 aromatic rings. The number of amides is 4. The largest absolute Gasteiger partial charge is 0.508 e. The molecule has 0 aliphatic carbocycles. The first-order valence-electron chi connectivity index (χ1n) is 10.4. The van der Waals surface area contributed by atoms with E-state index < -0.39 is 66.6 Å². The van der Waals surface area contributed by atoms with E-state index in [4.69, 9.17) is 11.5 Å². The molecule has 0 aromatic heterocycles. The van der Waals surface area contributed by atoms with Gasteiger partial charge in [-0.3, -0.25) is 19.2 Å². The third kappa shape index (κ3) is 9.56. The van der Waals surface area contributed by atoms with Crippen LogP contribution in [0.3, 0.4) is 0 Å². The zero-order valence-electron chi connectivity index (χ0n) is 18.5. The van der Waals surface area contributed by atoms with Crippen LogP contribution in [0.5, 0.6) is 5.75 Å². The van der Waals surface area contributed by atoms with Gasteiger partial charge in [0.25, 0.3) is 0 Å². The van der Waals surface area contributed by atoms with Gasteiger partial charge in [-0.25, -0.2) is 4.79 Å². The van der Waals surface area contributed by atoms with Crippen LogP contribution in [-0.4, -0.2) is 64.5 Å². The van der Waals surface area contributed by atoms with E-state index in [1.165, 1.54) is 12.1 Å². The van der Waals surface area contributed by atoms with Gasteiger partial charge in [-0.05, 0) is 30.0 Å². The molecule has 0 saturated heterocycles. The van der Waals surface area contributed by atoms with Crippen molar-refractivity contribution in [3.8, 4) is 5.75 Å². The van der Waals surface area contributed by atoms with Crippen molar-refractivity contribution >= 4 is 29.6 Å². The molecular weight excluding hydrogens is 434 g/mol. The summed E-state index contributed by atoms with van der Waals surface area (Å²) >= 11 is 0. The Hall–Kier alpha value is -3.67.